The highest BCUT2D eigenvalue weighted by Crippen LogP contribution is 2.26. The second kappa shape index (κ2) is 5.25. The maximum Gasteiger partial charge on any atom is 0.255 e. The third kappa shape index (κ3) is 2.56. The van der Waals surface area contributed by atoms with Crippen molar-refractivity contribution in [1.29, 1.82) is 5.26 Å². The number of amides is 1. The molecule has 0 saturated heterocycles. The van der Waals surface area contributed by atoms with Crippen LogP contribution in [0.5, 0.6) is 5.75 Å². The molecule has 2 aromatic rings. The number of nitrogens with one attached hydrogen (secondary N) is 1. The molecule has 0 saturated carbocycles. The normalized spacial score (nSPS) is 12.2. The summed E-state index contributed by atoms with van der Waals surface area (Å²) in [5.74, 6) is -0.0573. The van der Waals surface area contributed by atoms with Crippen molar-refractivity contribution in [3.8, 4) is 11.8 Å². The van der Waals surface area contributed by atoms with Gasteiger partial charge in [0.15, 0.2) is 0 Å². The first-order valence-electron chi connectivity index (χ1n) is 6.44. The summed E-state index contributed by atoms with van der Waals surface area (Å²) in [4.78, 5) is 12.2. The SMILES string of the molecule is N#Cc1cc(F)ccc1NC(=O)c1ccc2c(c1)CCO2. The summed E-state index contributed by atoms with van der Waals surface area (Å²) < 4.78 is 18.5. The van der Waals surface area contributed by atoms with E-state index in [1.807, 2.05) is 6.07 Å². The molecule has 0 fully saturated rings. The lowest BCUT2D eigenvalue weighted by Crippen LogP contribution is -2.13. The Morgan fingerprint density at radius 2 is 2.14 bits per heavy atom. The van der Waals surface area contributed by atoms with Crippen molar-refractivity contribution in [3.05, 3.63) is 58.9 Å². The van der Waals surface area contributed by atoms with Crippen molar-refractivity contribution >= 4 is 11.6 Å². The van der Waals surface area contributed by atoms with E-state index in [-0.39, 0.29) is 11.5 Å². The van der Waals surface area contributed by atoms with E-state index in [0.29, 0.717) is 17.9 Å². The zero-order valence-corrected chi connectivity index (χ0v) is 11.0. The van der Waals surface area contributed by atoms with Gasteiger partial charge >= 0.3 is 0 Å². The number of benzene rings is 2. The number of halogens is 1. The number of nitriles is 1. The molecule has 3 rings (SSSR count). The van der Waals surface area contributed by atoms with Gasteiger partial charge in [0, 0.05) is 12.0 Å². The van der Waals surface area contributed by atoms with Crippen LogP contribution in [0.15, 0.2) is 36.4 Å². The third-order valence-electron chi connectivity index (χ3n) is 3.30. The number of ether oxygens (including phenoxy) is 1. The predicted molar refractivity (Wildman–Crippen MR) is 74.7 cm³/mol. The minimum absolute atomic E-state index is 0.0906. The first-order chi connectivity index (χ1) is 10.2. The van der Waals surface area contributed by atoms with Gasteiger partial charge in [0.2, 0.25) is 0 Å². The lowest BCUT2D eigenvalue weighted by atomic mass is 10.1. The van der Waals surface area contributed by atoms with Crippen molar-refractivity contribution < 1.29 is 13.9 Å². The molecule has 0 bridgehead atoms. The molecule has 1 aliphatic rings. The van der Waals surface area contributed by atoms with E-state index in [9.17, 15) is 9.18 Å². The van der Waals surface area contributed by atoms with Crippen LogP contribution in [-0.2, 0) is 6.42 Å². The monoisotopic (exact) mass is 282 g/mol. The van der Waals surface area contributed by atoms with Crippen LogP contribution in [0.4, 0.5) is 10.1 Å². The summed E-state index contributed by atoms with van der Waals surface area (Å²) in [5, 5.41) is 11.6. The van der Waals surface area contributed by atoms with Crippen LogP contribution in [0.2, 0.25) is 0 Å². The van der Waals surface area contributed by atoms with Gasteiger partial charge in [0.05, 0.1) is 17.9 Å². The van der Waals surface area contributed by atoms with Crippen LogP contribution in [0, 0.1) is 17.1 Å². The number of fused-ring (bicyclic) bond motifs is 1. The fourth-order valence-corrected chi connectivity index (χ4v) is 2.24. The molecule has 5 heteroatoms. The standard InChI is InChI=1S/C16H11FN2O2/c17-13-2-3-14(12(8-13)9-18)19-16(20)11-1-4-15-10(7-11)5-6-21-15/h1-4,7-8H,5-6H2,(H,19,20). The Labute approximate surface area is 120 Å². The van der Waals surface area contributed by atoms with Crippen LogP contribution in [-0.4, -0.2) is 12.5 Å². The van der Waals surface area contributed by atoms with Gasteiger partial charge < -0.3 is 10.1 Å². The number of nitrogens with zero attached hydrogens (tertiary/aromatic N) is 1. The Morgan fingerprint density at radius 3 is 2.95 bits per heavy atom. The highest BCUT2D eigenvalue weighted by atomic mass is 19.1. The quantitative estimate of drug-likeness (QED) is 0.921. The van der Waals surface area contributed by atoms with Crippen LogP contribution in [0.25, 0.3) is 0 Å². The molecule has 1 N–H and O–H groups in total. The van der Waals surface area contributed by atoms with E-state index >= 15 is 0 Å². The van der Waals surface area contributed by atoms with Gasteiger partial charge in [-0.05, 0) is 42.0 Å². The van der Waals surface area contributed by atoms with Gasteiger partial charge in [-0.25, -0.2) is 4.39 Å². The van der Waals surface area contributed by atoms with Crippen molar-refractivity contribution in [1.82, 2.24) is 0 Å². The smallest absolute Gasteiger partial charge is 0.255 e. The largest absolute Gasteiger partial charge is 0.493 e. The second-order valence-corrected chi connectivity index (χ2v) is 4.68. The predicted octanol–water partition coefficient (Wildman–Crippen LogP) is 2.88. The minimum Gasteiger partial charge on any atom is -0.493 e. The topological polar surface area (TPSA) is 62.1 Å². The number of carbonyl (C=O) groups excluding carboxylic acids is 1. The summed E-state index contributed by atoms with van der Waals surface area (Å²) in [7, 11) is 0. The molecule has 2 aromatic carbocycles. The molecule has 0 atom stereocenters. The van der Waals surface area contributed by atoms with E-state index < -0.39 is 5.82 Å². The molecular formula is C16H11FN2O2. The second-order valence-electron chi connectivity index (χ2n) is 4.68. The molecular weight excluding hydrogens is 271 g/mol. The Balaban J connectivity index is 1.85. The van der Waals surface area contributed by atoms with Crippen molar-refractivity contribution in [3.63, 3.8) is 0 Å². The lowest BCUT2D eigenvalue weighted by Gasteiger charge is -2.08. The van der Waals surface area contributed by atoms with Gasteiger partial charge in [-0.2, -0.15) is 5.26 Å². The summed E-state index contributed by atoms with van der Waals surface area (Å²) in [6.45, 7) is 0.622. The van der Waals surface area contributed by atoms with Gasteiger partial charge in [0.1, 0.15) is 17.6 Å². The van der Waals surface area contributed by atoms with Crippen molar-refractivity contribution in [2.75, 3.05) is 11.9 Å². The van der Waals surface area contributed by atoms with Gasteiger partial charge in [-0.1, -0.05) is 0 Å². The van der Waals surface area contributed by atoms with E-state index in [0.717, 1.165) is 23.8 Å². The van der Waals surface area contributed by atoms with Crippen LogP contribution in [0.3, 0.4) is 0 Å². The molecule has 104 valence electrons. The average Bonchev–Trinajstić information content (AvgIpc) is 2.96. The Morgan fingerprint density at radius 1 is 1.29 bits per heavy atom. The molecule has 1 aliphatic heterocycles. The van der Waals surface area contributed by atoms with Gasteiger partial charge in [0.25, 0.3) is 5.91 Å². The summed E-state index contributed by atoms with van der Waals surface area (Å²) >= 11 is 0. The maximum atomic E-state index is 13.1. The summed E-state index contributed by atoms with van der Waals surface area (Å²) in [6.07, 6.45) is 0.774. The van der Waals surface area contributed by atoms with Crippen molar-refractivity contribution in [2.24, 2.45) is 0 Å². The highest BCUT2D eigenvalue weighted by molar-refractivity contribution is 6.05. The zero-order valence-electron chi connectivity index (χ0n) is 11.0. The number of hydrogen-bond acceptors (Lipinski definition) is 3. The summed E-state index contributed by atoms with van der Waals surface area (Å²) in [5.41, 5.74) is 1.85. The Bertz CT molecular complexity index is 765. The maximum absolute atomic E-state index is 13.1. The van der Waals surface area contributed by atoms with Crippen LogP contribution >= 0.6 is 0 Å². The molecule has 1 amide bonds. The molecule has 0 unspecified atom stereocenters. The number of rotatable bonds is 2. The first kappa shape index (κ1) is 13.1. The number of anilines is 1. The fourth-order valence-electron chi connectivity index (χ4n) is 2.24. The molecule has 0 spiro atoms. The van der Waals surface area contributed by atoms with Gasteiger partial charge in [-0.3, -0.25) is 4.79 Å². The fraction of sp³-hybridized carbons (Fsp3) is 0.125. The molecule has 0 radical (unpaired) electrons. The Kier molecular flexibility index (Phi) is 3.28. The average molecular weight is 282 g/mol. The molecule has 0 aromatic heterocycles. The van der Waals surface area contributed by atoms with Crippen molar-refractivity contribution in [2.45, 2.75) is 6.42 Å². The molecule has 1 heterocycles. The Hall–Kier alpha value is -2.87. The zero-order chi connectivity index (χ0) is 14.8. The van der Waals surface area contributed by atoms with E-state index in [1.54, 1.807) is 18.2 Å². The molecule has 4 nitrogen and oxygen atoms in total. The highest BCUT2D eigenvalue weighted by Gasteiger charge is 2.16. The number of hydrogen-bond donors (Lipinski definition) is 1. The summed E-state index contributed by atoms with van der Waals surface area (Å²) in [6, 6.07) is 10.7. The number of carbonyl (C=O) groups is 1. The van der Waals surface area contributed by atoms with E-state index in [4.69, 9.17) is 10.00 Å². The third-order valence-corrected chi connectivity index (χ3v) is 3.30. The first-order valence-corrected chi connectivity index (χ1v) is 6.44. The molecule has 21 heavy (non-hydrogen) atoms. The van der Waals surface area contributed by atoms with Crippen LogP contribution < -0.4 is 10.1 Å². The van der Waals surface area contributed by atoms with E-state index in [1.165, 1.54) is 12.1 Å². The molecule has 0 aliphatic carbocycles. The lowest BCUT2D eigenvalue weighted by molar-refractivity contribution is 0.102. The van der Waals surface area contributed by atoms with E-state index in [2.05, 4.69) is 5.32 Å². The van der Waals surface area contributed by atoms with Crippen LogP contribution in [0.1, 0.15) is 21.5 Å². The van der Waals surface area contributed by atoms with Gasteiger partial charge in [-0.15, -0.1) is 0 Å². The minimum atomic E-state index is -0.515.